The van der Waals surface area contributed by atoms with Gasteiger partial charge in [-0.15, -0.1) is 0 Å². The molecule has 0 unspecified atom stereocenters. The van der Waals surface area contributed by atoms with Crippen LogP contribution < -0.4 is 21.9 Å². The molecule has 0 radical (unpaired) electrons. The zero-order chi connectivity index (χ0) is 22.9. The van der Waals surface area contributed by atoms with Crippen LogP contribution in [0.15, 0.2) is 121 Å². The van der Waals surface area contributed by atoms with Crippen LogP contribution in [0.4, 0.5) is 0 Å². The zero-order valence-electron chi connectivity index (χ0n) is 20.0. The second-order valence-electron chi connectivity index (χ2n) is 9.08. The molecule has 0 amide bonds. The first-order valence-corrected chi connectivity index (χ1v) is 18.1. The molecule has 0 saturated heterocycles. The predicted octanol–water partition coefficient (Wildman–Crippen LogP) is 5.80. The van der Waals surface area contributed by atoms with E-state index in [1.807, 2.05) is 0 Å². The first kappa shape index (κ1) is 24.2. The molecule has 0 heterocycles. The first-order valence-electron chi connectivity index (χ1n) is 11.7. The second-order valence-corrected chi connectivity index (χ2v) is 19.9. The van der Waals surface area contributed by atoms with Gasteiger partial charge in [0.15, 0.2) is 0 Å². The van der Waals surface area contributed by atoms with E-state index in [4.69, 9.17) is 0 Å². The third-order valence-electron chi connectivity index (χ3n) is 6.91. The van der Waals surface area contributed by atoms with E-state index in [0.29, 0.717) is 0 Å². The maximum absolute atomic E-state index is 2.47. The minimum absolute atomic E-state index is 0.944. The SMILES string of the molecule is CC[As+](C)(C)CC.c1ccc([B-](c2ccccc2)(c2ccccc2)c2ccccc2)cc1. The molecule has 0 aliphatic carbocycles. The molecule has 0 spiro atoms. The van der Waals surface area contributed by atoms with Gasteiger partial charge in [-0.3, -0.25) is 0 Å². The van der Waals surface area contributed by atoms with Gasteiger partial charge in [-0.05, 0) is 0 Å². The van der Waals surface area contributed by atoms with Gasteiger partial charge < -0.3 is 0 Å². The molecule has 0 aromatic heterocycles. The van der Waals surface area contributed by atoms with Crippen molar-refractivity contribution in [3.63, 3.8) is 0 Å². The molecule has 0 atom stereocenters. The van der Waals surface area contributed by atoms with Crippen LogP contribution in [0.2, 0.25) is 21.8 Å². The quantitative estimate of drug-likeness (QED) is 0.305. The number of hydrogen-bond donors (Lipinski definition) is 0. The number of rotatable bonds is 6. The summed E-state index contributed by atoms with van der Waals surface area (Å²) in [4.78, 5) is 0. The molecule has 4 rings (SSSR count). The van der Waals surface area contributed by atoms with E-state index in [1.54, 1.807) is 0 Å². The van der Waals surface area contributed by atoms with Gasteiger partial charge in [0.2, 0.25) is 0 Å². The van der Waals surface area contributed by atoms with Crippen LogP contribution in [-0.4, -0.2) is 19.7 Å². The third-order valence-corrected chi connectivity index (χ3v) is 14.1. The molecule has 0 aliphatic rings. The van der Waals surface area contributed by atoms with Crippen molar-refractivity contribution in [1.29, 1.82) is 0 Å². The Bertz CT molecular complexity index is 876. The monoisotopic (exact) mass is 482 g/mol. The first-order chi connectivity index (χ1) is 15.5. The number of hydrogen-bond acceptors (Lipinski definition) is 0. The summed E-state index contributed by atoms with van der Waals surface area (Å²) in [6.07, 6.45) is -1.22. The fourth-order valence-electron chi connectivity index (χ4n) is 4.35. The molecule has 0 bridgehead atoms. The average molecular weight is 482 g/mol. The Morgan fingerprint density at radius 2 is 0.656 bits per heavy atom. The Morgan fingerprint density at radius 3 is 0.812 bits per heavy atom. The van der Waals surface area contributed by atoms with E-state index in [1.165, 1.54) is 32.3 Å². The van der Waals surface area contributed by atoms with E-state index in [2.05, 4.69) is 147 Å². The van der Waals surface area contributed by atoms with Gasteiger partial charge >= 0.3 is 49.2 Å². The Hall–Kier alpha value is -2.50. The molecule has 164 valence electrons. The van der Waals surface area contributed by atoms with Crippen molar-refractivity contribution < 1.29 is 0 Å². The summed E-state index contributed by atoms with van der Waals surface area (Å²) < 4.78 is 0. The topological polar surface area (TPSA) is 0 Å². The second kappa shape index (κ2) is 11.4. The predicted molar refractivity (Wildman–Crippen MR) is 149 cm³/mol. The summed E-state index contributed by atoms with van der Waals surface area (Å²) in [6.45, 7) is 4.63. The van der Waals surface area contributed by atoms with Crippen molar-refractivity contribution in [2.45, 2.75) is 35.7 Å². The van der Waals surface area contributed by atoms with Crippen LogP contribution >= 0.6 is 0 Å². The smallest absolute Gasteiger partial charge is 0.108 e. The van der Waals surface area contributed by atoms with Crippen LogP contribution in [0.5, 0.6) is 0 Å². The van der Waals surface area contributed by atoms with Crippen molar-refractivity contribution in [3.8, 4) is 0 Å². The van der Waals surface area contributed by atoms with Gasteiger partial charge in [0, 0.05) is 0 Å². The van der Waals surface area contributed by atoms with Crippen LogP contribution in [0.25, 0.3) is 0 Å². The molecule has 2 heteroatoms. The van der Waals surface area contributed by atoms with E-state index < -0.39 is 19.7 Å². The van der Waals surface area contributed by atoms with E-state index in [9.17, 15) is 0 Å². The average Bonchev–Trinajstić information content (AvgIpc) is 2.88. The van der Waals surface area contributed by atoms with Crippen molar-refractivity contribution >= 4 is 41.5 Å². The summed E-state index contributed by atoms with van der Waals surface area (Å²) in [5, 5.41) is 2.93. The minimum Gasteiger partial charge on any atom is -0.195 e. The van der Waals surface area contributed by atoms with Crippen molar-refractivity contribution in [1.82, 2.24) is 0 Å². The number of benzene rings is 4. The van der Waals surface area contributed by atoms with Crippen LogP contribution in [0, 0.1) is 0 Å². The van der Waals surface area contributed by atoms with Crippen LogP contribution in [0.1, 0.15) is 13.8 Å². The summed E-state index contributed by atoms with van der Waals surface area (Å²) in [5.41, 5.74) is 10.3. The summed E-state index contributed by atoms with van der Waals surface area (Å²) in [5.74, 6) is 0. The standard InChI is InChI=1S/C24H20B.C6H16As/c1-5-13-21(14-6-1)25(22-15-7-2-8-16-22,23-17-9-3-10-18-23)24-19-11-4-12-20-24;1-5-7(3,4)6-2/h1-20H;5-6H2,1-4H3/q-1;+1. The van der Waals surface area contributed by atoms with E-state index in [0.717, 1.165) is 0 Å². The Balaban J connectivity index is 0.000000360. The van der Waals surface area contributed by atoms with Gasteiger partial charge in [-0.2, -0.15) is 21.9 Å². The summed E-state index contributed by atoms with van der Waals surface area (Å²) >= 11 is -0.944. The summed E-state index contributed by atoms with van der Waals surface area (Å²) in [6, 6.07) is 43.5. The normalized spacial score (nSPS) is 11.4. The largest absolute Gasteiger partial charge is 0.195 e. The molecular formula is C30H36AsB. The van der Waals surface area contributed by atoms with Gasteiger partial charge in [0.25, 0.3) is 0 Å². The molecule has 0 N–H and O–H groups in total. The van der Waals surface area contributed by atoms with Crippen LogP contribution in [-0.2, 0) is 0 Å². The summed E-state index contributed by atoms with van der Waals surface area (Å²) in [7, 11) is 0. The van der Waals surface area contributed by atoms with E-state index in [-0.39, 0.29) is 0 Å². The van der Waals surface area contributed by atoms with Gasteiger partial charge in [0.1, 0.15) is 6.15 Å². The molecule has 0 aliphatic heterocycles. The van der Waals surface area contributed by atoms with Crippen LogP contribution in [0.3, 0.4) is 0 Å². The van der Waals surface area contributed by atoms with Gasteiger partial charge in [-0.25, -0.2) is 0 Å². The van der Waals surface area contributed by atoms with Gasteiger partial charge in [-0.1, -0.05) is 121 Å². The van der Waals surface area contributed by atoms with Crippen molar-refractivity contribution in [3.05, 3.63) is 121 Å². The Morgan fingerprint density at radius 1 is 0.438 bits per heavy atom. The molecule has 4 aromatic carbocycles. The maximum atomic E-state index is 2.47. The zero-order valence-corrected chi connectivity index (χ0v) is 21.9. The van der Waals surface area contributed by atoms with Crippen molar-refractivity contribution in [2.75, 3.05) is 0 Å². The molecule has 0 fully saturated rings. The molecule has 32 heavy (non-hydrogen) atoms. The minimum atomic E-state index is -1.22. The maximum Gasteiger partial charge on any atom is 0.108 e. The van der Waals surface area contributed by atoms with Gasteiger partial charge in [0.05, 0.1) is 0 Å². The third kappa shape index (κ3) is 5.46. The molecule has 0 saturated carbocycles. The van der Waals surface area contributed by atoms with Crippen molar-refractivity contribution in [2.24, 2.45) is 0 Å². The molecular weight excluding hydrogens is 446 g/mol. The molecule has 4 aromatic rings. The fourth-order valence-corrected chi connectivity index (χ4v) is 5.28. The Labute approximate surface area is 198 Å². The fraction of sp³-hybridized carbons (Fsp3) is 0.200. The van der Waals surface area contributed by atoms with E-state index >= 15 is 0 Å². The molecule has 0 nitrogen and oxygen atoms in total. The Kier molecular flexibility index (Phi) is 8.60.